The van der Waals surface area contributed by atoms with E-state index in [1.807, 2.05) is 6.07 Å². The van der Waals surface area contributed by atoms with Crippen LogP contribution in [0.4, 0.5) is 8.78 Å². The van der Waals surface area contributed by atoms with Gasteiger partial charge in [-0.15, -0.1) is 5.10 Å². The summed E-state index contributed by atoms with van der Waals surface area (Å²) < 4.78 is 28.6. The highest BCUT2D eigenvalue weighted by Gasteiger charge is 2.11. The quantitative estimate of drug-likeness (QED) is 0.746. The van der Waals surface area contributed by atoms with Gasteiger partial charge in [-0.1, -0.05) is 23.4 Å². The summed E-state index contributed by atoms with van der Waals surface area (Å²) in [5.74, 6) is -1.24. The lowest BCUT2D eigenvalue weighted by molar-refractivity contribution is 0.528. The van der Waals surface area contributed by atoms with Gasteiger partial charge in [-0.05, 0) is 24.3 Å². The standard InChI is InChI=1S/C16H10F2N4/c17-14-5-2-6-15(18)13(14)9-22-10-16(20-21-22)12-4-1-3-11(7-12)8-19/h1-7,10H,9H2. The molecule has 6 heteroatoms. The van der Waals surface area contributed by atoms with Crippen molar-refractivity contribution in [3.8, 4) is 17.3 Å². The summed E-state index contributed by atoms with van der Waals surface area (Å²) >= 11 is 0. The molecule has 22 heavy (non-hydrogen) atoms. The largest absolute Gasteiger partial charge is 0.247 e. The lowest BCUT2D eigenvalue weighted by Crippen LogP contribution is -2.05. The molecule has 0 bridgehead atoms. The predicted octanol–water partition coefficient (Wildman–Crippen LogP) is 3.14. The first-order chi connectivity index (χ1) is 10.7. The lowest BCUT2D eigenvalue weighted by atomic mass is 10.1. The van der Waals surface area contributed by atoms with Gasteiger partial charge in [0.2, 0.25) is 0 Å². The average Bonchev–Trinajstić information content (AvgIpc) is 3.00. The minimum atomic E-state index is -0.622. The van der Waals surface area contributed by atoms with Crippen LogP contribution in [-0.2, 0) is 6.54 Å². The molecule has 1 aromatic heterocycles. The molecule has 0 radical (unpaired) electrons. The lowest BCUT2D eigenvalue weighted by Gasteiger charge is -2.03. The molecular formula is C16H10F2N4. The van der Waals surface area contributed by atoms with Crippen molar-refractivity contribution in [2.45, 2.75) is 6.54 Å². The maximum atomic E-state index is 13.6. The van der Waals surface area contributed by atoms with Gasteiger partial charge in [0.05, 0.1) is 24.4 Å². The van der Waals surface area contributed by atoms with Crippen molar-refractivity contribution in [2.75, 3.05) is 0 Å². The Morgan fingerprint density at radius 3 is 2.55 bits per heavy atom. The molecule has 0 aliphatic heterocycles. The van der Waals surface area contributed by atoms with Gasteiger partial charge in [-0.2, -0.15) is 5.26 Å². The number of hydrogen-bond acceptors (Lipinski definition) is 3. The first-order valence-corrected chi connectivity index (χ1v) is 6.51. The summed E-state index contributed by atoms with van der Waals surface area (Å²) in [5.41, 5.74) is 1.70. The maximum Gasteiger partial charge on any atom is 0.131 e. The summed E-state index contributed by atoms with van der Waals surface area (Å²) in [7, 11) is 0. The molecule has 0 unspecified atom stereocenters. The molecular weight excluding hydrogens is 286 g/mol. The van der Waals surface area contributed by atoms with Gasteiger partial charge in [-0.3, -0.25) is 0 Å². The first-order valence-electron chi connectivity index (χ1n) is 6.51. The number of rotatable bonds is 3. The zero-order valence-electron chi connectivity index (χ0n) is 11.4. The molecule has 0 saturated carbocycles. The van der Waals surface area contributed by atoms with Gasteiger partial charge in [0.1, 0.15) is 17.3 Å². The van der Waals surface area contributed by atoms with Gasteiger partial charge in [0.15, 0.2) is 0 Å². The second-order valence-corrected chi connectivity index (χ2v) is 4.69. The minimum absolute atomic E-state index is 0.0521. The highest BCUT2D eigenvalue weighted by Crippen LogP contribution is 2.19. The third-order valence-corrected chi connectivity index (χ3v) is 3.21. The topological polar surface area (TPSA) is 54.5 Å². The van der Waals surface area contributed by atoms with E-state index in [9.17, 15) is 8.78 Å². The van der Waals surface area contributed by atoms with Gasteiger partial charge in [-0.25, -0.2) is 13.5 Å². The fraction of sp³-hybridized carbons (Fsp3) is 0.0625. The second-order valence-electron chi connectivity index (χ2n) is 4.69. The Hall–Kier alpha value is -3.07. The van der Waals surface area contributed by atoms with E-state index in [4.69, 9.17) is 5.26 Å². The summed E-state index contributed by atoms with van der Waals surface area (Å²) in [5, 5.41) is 16.7. The monoisotopic (exact) mass is 296 g/mol. The van der Waals surface area contributed by atoms with E-state index in [1.54, 1.807) is 30.5 Å². The van der Waals surface area contributed by atoms with Crippen molar-refractivity contribution in [3.63, 3.8) is 0 Å². The number of halogens is 2. The van der Waals surface area contributed by atoms with E-state index in [1.165, 1.54) is 22.9 Å². The Balaban J connectivity index is 1.90. The van der Waals surface area contributed by atoms with Crippen molar-refractivity contribution >= 4 is 0 Å². The van der Waals surface area contributed by atoms with Gasteiger partial charge in [0.25, 0.3) is 0 Å². The Kier molecular flexibility index (Phi) is 3.62. The molecule has 0 spiro atoms. The van der Waals surface area contributed by atoms with E-state index in [-0.39, 0.29) is 12.1 Å². The SMILES string of the molecule is N#Cc1cccc(-c2cn(Cc3c(F)cccc3F)nn2)c1. The molecule has 2 aromatic carbocycles. The van der Waals surface area contributed by atoms with E-state index in [0.29, 0.717) is 11.3 Å². The van der Waals surface area contributed by atoms with Crippen LogP contribution < -0.4 is 0 Å². The summed E-state index contributed by atoms with van der Waals surface area (Å²) in [6.07, 6.45) is 1.59. The summed E-state index contributed by atoms with van der Waals surface area (Å²) in [6.45, 7) is -0.0521. The Morgan fingerprint density at radius 2 is 1.82 bits per heavy atom. The van der Waals surface area contributed by atoms with Crippen LogP contribution in [0, 0.1) is 23.0 Å². The van der Waals surface area contributed by atoms with Gasteiger partial charge < -0.3 is 0 Å². The van der Waals surface area contributed by atoms with Crippen molar-refractivity contribution < 1.29 is 8.78 Å². The molecule has 0 saturated heterocycles. The van der Waals surface area contributed by atoms with Crippen LogP contribution in [-0.4, -0.2) is 15.0 Å². The first kappa shape index (κ1) is 13.9. The molecule has 0 aliphatic rings. The molecule has 0 atom stereocenters. The average molecular weight is 296 g/mol. The Morgan fingerprint density at radius 1 is 1.09 bits per heavy atom. The smallest absolute Gasteiger partial charge is 0.131 e. The normalized spacial score (nSPS) is 10.4. The van der Waals surface area contributed by atoms with E-state index in [0.717, 1.165) is 5.56 Å². The molecule has 4 nitrogen and oxygen atoms in total. The van der Waals surface area contributed by atoms with Crippen LogP contribution in [0.1, 0.15) is 11.1 Å². The van der Waals surface area contributed by atoms with Crippen LogP contribution in [0.2, 0.25) is 0 Å². The number of hydrogen-bond donors (Lipinski definition) is 0. The summed E-state index contributed by atoms with van der Waals surface area (Å²) in [6, 6.07) is 12.7. The highest BCUT2D eigenvalue weighted by atomic mass is 19.1. The van der Waals surface area contributed by atoms with E-state index in [2.05, 4.69) is 10.3 Å². The van der Waals surface area contributed by atoms with Crippen LogP contribution in [0.5, 0.6) is 0 Å². The Labute approximate surface area is 125 Å². The third-order valence-electron chi connectivity index (χ3n) is 3.21. The van der Waals surface area contributed by atoms with E-state index < -0.39 is 11.6 Å². The second kappa shape index (κ2) is 5.74. The molecule has 1 heterocycles. The number of nitriles is 1. The molecule has 108 valence electrons. The van der Waals surface area contributed by atoms with Crippen molar-refractivity contribution in [1.29, 1.82) is 5.26 Å². The van der Waals surface area contributed by atoms with Crippen LogP contribution in [0.3, 0.4) is 0 Å². The van der Waals surface area contributed by atoms with Crippen molar-refractivity contribution in [2.24, 2.45) is 0 Å². The van der Waals surface area contributed by atoms with Gasteiger partial charge in [0, 0.05) is 11.1 Å². The third kappa shape index (κ3) is 2.69. The Bertz CT molecular complexity index is 844. The highest BCUT2D eigenvalue weighted by molar-refractivity contribution is 5.60. The molecule has 0 fully saturated rings. The minimum Gasteiger partial charge on any atom is -0.247 e. The van der Waals surface area contributed by atoms with E-state index >= 15 is 0 Å². The fourth-order valence-electron chi connectivity index (χ4n) is 2.10. The van der Waals surface area contributed by atoms with Crippen molar-refractivity contribution in [1.82, 2.24) is 15.0 Å². The molecule has 0 aliphatic carbocycles. The van der Waals surface area contributed by atoms with Gasteiger partial charge >= 0.3 is 0 Å². The maximum absolute atomic E-state index is 13.6. The molecule has 3 aromatic rings. The van der Waals surface area contributed by atoms with Crippen molar-refractivity contribution in [3.05, 3.63) is 71.4 Å². The predicted molar refractivity (Wildman–Crippen MR) is 75.6 cm³/mol. The van der Waals surface area contributed by atoms with Crippen LogP contribution >= 0.6 is 0 Å². The molecule has 0 amide bonds. The zero-order chi connectivity index (χ0) is 15.5. The van der Waals surface area contributed by atoms with Crippen LogP contribution in [0.15, 0.2) is 48.7 Å². The zero-order valence-corrected chi connectivity index (χ0v) is 11.4. The number of benzene rings is 2. The molecule has 3 rings (SSSR count). The number of nitrogens with zero attached hydrogens (tertiary/aromatic N) is 4. The fourth-order valence-corrected chi connectivity index (χ4v) is 2.10. The number of aromatic nitrogens is 3. The molecule has 0 N–H and O–H groups in total. The van der Waals surface area contributed by atoms with Crippen LogP contribution in [0.25, 0.3) is 11.3 Å². The summed E-state index contributed by atoms with van der Waals surface area (Å²) in [4.78, 5) is 0.